The molecule has 346 valence electrons. The van der Waals surface area contributed by atoms with E-state index < -0.39 is 0 Å². The van der Waals surface area contributed by atoms with Crippen LogP contribution in [0.15, 0.2) is 233 Å². The number of nitrogens with zero attached hydrogens (tertiary/aromatic N) is 5. The lowest BCUT2D eigenvalue weighted by Crippen LogP contribution is -2.13. The number of benzene rings is 11. The van der Waals surface area contributed by atoms with E-state index in [0.29, 0.717) is 28.2 Å². The maximum absolute atomic E-state index is 11.8. The molecule has 0 aliphatic heterocycles. The Morgan fingerprint density at radius 3 is 1.08 bits per heavy atom. The van der Waals surface area contributed by atoms with Gasteiger partial charge in [0.1, 0.15) is 34.5 Å². The van der Waals surface area contributed by atoms with E-state index in [4.69, 9.17) is 8.83 Å². The van der Waals surface area contributed by atoms with Crippen LogP contribution in [0.4, 0.5) is 0 Å². The lowest BCUT2D eigenvalue weighted by Gasteiger charge is -2.24. The van der Waals surface area contributed by atoms with Crippen LogP contribution in [0.3, 0.4) is 0 Å². The van der Waals surface area contributed by atoms with E-state index in [1.165, 1.54) is 0 Å². The largest absolute Gasteiger partial charge is 0.456 e. The van der Waals surface area contributed by atoms with Crippen molar-refractivity contribution in [2.24, 2.45) is 0 Å². The fraction of sp³-hybridized carbons (Fsp3) is 0. The van der Waals surface area contributed by atoms with Gasteiger partial charge in [-0.2, -0.15) is 10.5 Å². The summed E-state index contributed by atoms with van der Waals surface area (Å²) >= 11 is 0. The van der Waals surface area contributed by atoms with Crippen molar-refractivity contribution in [3.63, 3.8) is 0 Å². The molecule has 0 spiro atoms. The van der Waals surface area contributed by atoms with Gasteiger partial charge >= 0.3 is 0 Å². The zero-order chi connectivity index (χ0) is 49.5. The highest BCUT2D eigenvalue weighted by Crippen LogP contribution is 2.48. The Morgan fingerprint density at radius 2 is 0.627 bits per heavy atom. The molecule has 0 bridgehead atoms. The van der Waals surface area contributed by atoms with Gasteiger partial charge in [-0.15, -0.1) is 0 Å². The average molecular weight is 956 g/mol. The number of nitriles is 2. The molecule has 0 aliphatic carbocycles. The number of para-hydroxylation sites is 4. The van der Waals surface area contributed by atoms with Crippen LogP contribution in [0.1, 0.15) is 11.1 Å². The van der Waals surface area contributed by atoms with E-state index in [-0.39, 0.29) is 0 Å². The van der Waals surface area contributed by atoms with Gasteiger partial charge in [-0.3, -0.25) is 0 Å². The second kappa shape index (κ2) is 15.5. The fourth-order valence-corrected chi connectivity index (χ4v) is 12.2. The van der Waals surface area contributed by atoms with Crippen LogP contribution in [0, 0.1) is 22.7 Å². The van der Waals surface area contributed by atoms with Crippen molar-refractivity contribution in [3.05, 3.63) is 236 Å². The van der Waals surface area contributed by atoms with Crippen LogP contribution >= 0.6 is 0 Å². The minimum Gasteiger partial charge on any atom is -0.456 e. The summed E-state index contributed by atoms with van der Waals surface area (Å²) in [5.74, 6) is 0. The van der Waals surface area contributed by atoms with Gasteiger partial charge in [-0.1, -0.05) is 146 Å². The van der Waals surface area contributed by atoms with Crippen molar-refractivity contribution < 1.29 is 8.83 Å². The fourth-order valence-electron chi connectivity index (χ4n) is 12.2. The molecule has 16 rings (SSSR count). The quantitative estimate of drug-likeness (QED) is 0.172. The van der Waals surface area contributed by atoms with Gasteiger partial charge in [0, 0.05) is 53.9 Å². The Balaban J connectivity index is 1.14. The SMILES string of the molecule is N#Cc1cc(C#N)c(-n2c3ccc(-c4ccccc4)cc3c3cc4oc5ccccc5c4cc32)c(-n2c3ccccc3c3ccccc32)c1-n1c2ccc(-c3ccccc3)cc2c2cc3oc4ccccc4c3cc21. The Morgan fingerprint density at radius 1 is 0.253 bits per heavy atom. The first-order valence-electron chi connectivity index (χ1n) is 25.0. The summed E-state index contributed by atoms with van der Waals surface area (Å²) < 4.78 is 20.1. The van der Waals surface area contributed by atoms with Crippen molar-refractivity contribution >= 4 is 109 Å². The van der Waals surface area contributed by atoms with Crippen molar-refractivity contribution in [2.75, 3.05) is 0 Å². The molecule has 0 N–H and O–H groups in total. The van der Waals surface area contributed by atoms with E-state index >= 15 is 0 Å². The monoisotopic (exact) mass is 955 g/mol. The Hall–Kier alpha value is -10.6. The van der Waals surface area contributed by atoms with Crippen LogP contribution in [0.5, 0.6) is 0 Å². The van der Waals surface area contributed by atoms with Gasteiger partial charge < -0.3 is 22.5 Å². The Kier molecular flexibility index (Phi) is 8.46. The molecule has 0 atom stereocenters. The van der Waals surface area contributed by atoms with Crippen LogP contribution in [0.25, 0.3) is 149 Å². The van der Waals surface area contributed by atoms with E-state index in [1.54, 1.807) is 6.07 Å². The number of fused-ring (bicyclic) bond motifs is 15. The lowest BCUT2D eigenvalue weighted by atomic mass is 10.0. The van der Waals surface area contributed by atoms with Crippen LogP contribution in [-0.2, 0) is 0 Å². The summed E-state index contributed by atoms with van der Waals surface area (Å²) in [5.41, 5.74) is 15.6. The number of rotatable bonds is 5. The summed E-state index contributed by atoms with van der Waals surface area (Å²) in [6, 6.07) is 83.1. The third-order valence-electron chi connectivity index (χ3n) is 15.5. The summed E-state index contributed by atoms with van der Waals surface area (Å²) in [6.45, 7) is 0. The molecule has 11 aromatic carbocycles. The van der Waals surface area contributed by atoms with Gasteiger partial charge in [0.2, 0.25) is 0 Å². The molecule has 75 heavy (non-hydrogen) atoms. The summed E-state index contributed by atoms with van der Waals surface area (Å²) in [6.07, 6.45) is 0. The third-order valence-corrected chi connectivity index (χ3v) is 15.5. The Bertz CT molecular complexity index is 4890. The third kappa shape index (κ3) is 5.78. The molecule has 0 saturated carbocycles. The second-order valence-corrected chi connectivity index (χ2v) is 19.4. The summed E-state index contributed by atoms with van der Waals surface area (Å²) in [4.78, 5) is 0. The number of aromatic nitrogens is 3. The first-order valence-corrected chi connectivity index (χ1v) is 25.0. The predicted molar refractivity (Wildman–Crippen MR) is 304 cm³/mol. The zero-order valence-electron chi connectivity index (χ0n) is 39.9. The molecule has 16 aromatic rings. The van der Waals surface area contributed by atoms with Gasteiger partial charge in [-0.25, -0.2) is 0 Å². The topological polar surface area (TPSA) is 88.7 Å². The minimum absolute atomic E-state index is 0.352. The van der Waals surface area contributed by atoms with Gasteiger partial charge in [0.25, 0.3) is 0 Å². The molecule has 7 heteroatoms. The summed E-state index contributed by atoms with van der Waals surface area (Å²) in [5, 5.41) is 33.5. The normalized spacial score (nSPS) is 12.0. The van der Waals surface area contributed by atoms with E-state index in [1.807, 2.05) is 48.5 Å². The van der Waals surface area contributed by atoms with Gasteiger partial charge in [0.15, 0.2) is 0 Å². The van der Waals surface area contributed by atoms with Crippen molar-refractivity contribution in [3.8, 4) is 51.5 Å². The highest BCUT2D eigenvalue weighted by atomic mass is 16.3. The average Bonchev–Trinajstić information content (AvgIpc) is 4.37. The van der Waals surface area contributed by atoms with Crippen LogP contribution in [-0.4, -0.2) is 13.7 Å². The lowest BCUT2D eigenvalue weighted by molar-refractivity contribution is 0.669. The maximum atomic E-state index is 11.8. The van der Waals surface area contributed by atoms with E-state index in [0.717, 1.165) is 132 Å². The maximum Gasteiger partial charge on any atom is 0.136 e. The van der Waals surface area contributed by atoms with Crippen LogP contribution < -0.4 is 0 Å². The standard InChI is InChI=1S/C68H37N5O2/c69-38-44-31-45(39-70)67(73-59-30-28-43(41-17-5-2-6-18-41)33-51(59)53-37-65-55(35-61(53)73)49-22-10-14-26-63(49)75-65)68(71-56-23-11-7-19-46(56)47-20-8-12-24-57(47)71)66(44)72-58-29-27-42(40-15-3-1-4-16-40)32-50(58)52-36-64-54(34-60(52)72)48-21-9-13-25-62(48)74-64/h1-37H. The molecule has 0 radical (unpaired) electrons. The highest BCUT2D eigenvalue weighted by molar-refractivity contribution is 6.21. The first kappa shape index (κ1) is 41.1. The van der Waals surface area contributed by atoms with Gasteiger partial charge in [-0.05, 0) is 101 Å². The Labute approximate surface area is 427 Å². The summed E-state index contributed by atoms with van der Waals surface area (Å²) in [7, 11) is 0. The molecule has 0 fully saturated rings. The molecule has 0 amide bonds. The molecular formula is C68H37N5O2. The molecule has 0 unspecified atom stereocenters. The number of hydrogen-bond donors (Lipinski definition) is 0. The molecule has 5 heterocycles. The predicted octanol–water partition coefficient (Wildman–Crippen LogP) is 17.9. The number of hydrogen-bond acceptors (Lipinski definition) is 4. The molecular weight excluding hydrogens is 919 g/mol. The zero-order valence-corrected chi connectivity index (χ0v) is 39.9. The van der Waals surface area contributed by atoms with Crippen molar-refractivity contribution in [2.45, 2.75) is 0 Å². The number of furan rings is 2. The first-order chi connectivity index (χ1) is 37.1. The smallest absolute Gasteiger partial charge is 0.136 e. The van der Waals surface area contributed by atoms with Crippen molar-refractivity contribution in [1.82, 2.24) is 13.7 Å². The molecule has 0 saturated heterocycles. The molecule has 5 aromatic heterocycles. The molecule has 7 nitrogen and oxygen atoms in total. The van der Waals surface area contributed by atoms with E-state index in [9.17, 15) is 10.5 Å². The van der Waals surface area contributed by atoms with Gasteiger partial charge in [0.05, 0.1) is 61.3 Å². The van der Waals surface area contributed by atoms with E-state index in [2.05, 4.69) is 196 Å². The van der Waals surface area contributed by atoms with Crippen LogP contribution in [0.2, 0.25) is 0 Å². The van der Waals surface area contributed by atoms with Crippen molar-refractivity contribution in [1.29, 1.82) is 10.5 Å². The second-order valence-electron chi connectivity index (χ2n) is 19.4. The molecule has 0 aliphatic rings. The highest BCUT2D eigenvalue weighted by Gasteiger charge is 2.31. The minimum atomic E-state index is 0.352.